The lowest BCUT2D eigenvalue weighted by molar-refractivity contribution is -0.117. The van der Waals surface area contributed by atoms with Gasteiger partial charge in [-0.1, -0.05) is 6.07 Å². The molecule has 0 saturated carbocycles. The lowest BCUT2D eigenvalue weighted by atomic mass is 9.93. The van der Waals surface area contributed by atoms with E-state index in [2.05, 4.69) is 21.6 Å². The minimum absolute atomic E-state index is 0.0897. The van der Waals surface area contributed by atoms with E-state index in [0.717, 1.165) is 31.2 Å². The van der Waals surface area contributed by atoms with Crippen LogP contribution in [0.3, 0.4) is 0 Å². The summed E-state index contributed by atoms with van der Waals surface area (Å²) in [5.41, 5.74) is 0.890. The Morgan fingerprint density at radius 2 is 2.14 bits per heavy atom. The first-order valence-corrected chi connectivity index (χ1v) is 9.24. The van der Waals surface area contributed by atoms with E-state index in [0.29, 0.717) is 6.54 Å². The molecule has 1 aliphatic heterocycles. The molecule has 122 valence electrons. The molecular weight excluding hydrogens is 294 g/mol. The molecule has 1 aromatic carbocycles. The molecule has 0 aromatic heterocycles. The van der Waals surface area contributed by atoms with Crippen molar-refractivity contribution >= 4 is 23.4 Å². The minimum Gasteiger partial charge on any atom is -0.325 e. The number of piperidine rings is 1. The molecule has 5 heteroatoms. The van der Waals surface area contributed by atoms with Gasteiger partial charge in [0.2, 0.25) is 5.91 Å². The highest BCUT2D eigenvalue weighted by Crippen LogP contribution is 2.21. The normalized spacial score (nSPS) is 16.6. The monoisotopic (exact) mass is 321 g/mol. The van der Waals surface area contributed by atoms with Gasteiger partial charge in [0.15, 0.2) is 0 Å². The number of nitrogens with one attached hydrogen (secondary N) is 2. The van der Waals surface area contributed by atoms with Crippen LogP contribution in [0, 0.1) is 5.92 Å². The molecule has 1 fully saturated rings. The number of hydrogen-bond donors (Lipinski definition) is 2. The van der Waals surface area contributed by atoms with Gasteiger partial charge < -0.3 is 10.6 Å². The predicted molar refractivity (Wildman–Crippen MR) is 94.6 cm³/mol. The van der Waals surface area contributed by atoms with Crippen molar-refractivity contribution in [3.05, 3.63) is 24.3 Å². The van der Waals surface area contributed by atoms with Crippen LogP contribution in [0.1, 0.15) is 19.3 Å². The average molecular weight is 321 g/mol. The van der Waals surface area contributed by atoms with Gasteiger partial charge >= 0.3 is 0 Å². The van der Waals surface area contributed by atoms with Gasteiger partial charge in [-0.2, -0.15) is 0 Å². The van der Waals surface area contributed by atoms with Gasteiger partial charge in [-0.25, -0.2) is 0 Å². The summed E-state index contributed by atoms with van der Waals surface area (Å²) in [5, 5.41) is 6.22. The molecule has 1 amide bonds. The van der Waals surface area contributed by atoms with Crippen LogP contribution < -0.4 is 10.6 Å². The van der Waals surface area contributed by atoms with E-state index >= 15 is 0 Å². The zero-order chi connectivity index (χ0) is 15.8. The van der Waals surface area contributed by atoms with Crippen molar-refractivity contribution in [1.29, 1.82) is 0 Å². The van der Waals surface area contributed by atoms with E-state index in [1.54, 1.807) is 11.8 Å². The van der Waals surface area contributed by atoms with E-state index < -0.39 is 0 Å². The van der Waals surface area contributed by atoms with Crippen molar-refractivity contribution < 1.29 is 4.79 Å². The summed E-state index contributed by atoms with van der Waals surface area (Å²) >= 11 is 1.69. The fourth-order valence-corrected chi connectivity index (χ4v) is 3.35. The summed E-state index contributed by atoms with van der Waals surface area (Å²) in [6.07, 6.45) is 5.70. The van der Waals surface area contributed by atoms with Gasteiger partial charge in [-0.15, -0.1) is 11.8 Å². The van der Waals surface area contributed by atoms with Crippen LogP contribution >= 0.6 is 11.8 Å². The van der Waals surface area contributed by atoms with E-state index in [4.69, 9.17) is 0 Å². The van der Waals surface area contributed by atoms with Crippen molar-refractivity contribution in [3.8, 4) is 0 Å². The summed E-state index contributed by atoms with van der Waals surface area (Å²) in [5.74, 6) is 0.900. The standard InChI is InChI=1S/C17H27N3OS/c1-18-9-6-14-7-10-20(11-8-14)13-17(21)19-15-4-3-5-16(12-15)22-2/h3-5,12,14,18H,6-11,13H2,1-2H3,(H,19,21). The Bertz CT molecular complexity index is 473. The largest absolute Gasteiger partial charge is 0.325 e. The molecule has 0 atom stereocenters. The third kappa shape index (κ3) is 5.63. The Morgan fingerprint density at radius 1 is 1.36 bits per heavy atom. The van der Waals surface area contributed by atoms with E-state index in [1.165, 1.54) is 24.2 Å². The van der Waals surface area contributed by atoms with Crippen molar-refractivity contribution in [2.45, 2.75) is 24.2 Å². The first kappa shape index (κ1) is 17.3. The molecule has 2 N–H and O–H groups in total. The number of anilines is 1. The molecule has 1 aliphatic rings. The molecule has 0 aliphatic carbocycles. The Balaban J connectivity index is 1.73. The maximum Gasteiger partial charge on any atom is 0.238 e. The van der Waals surface area contributed by atoms with Crippen molar-refractivity contribution in [2.75, 3.05) is 44.8 Å². The molecule has 0 spiro atoms. The Morgan fingerprint density at radius 3 is 2.82 bits per heavy atom. The SMILES string of the molecule is CNCCC1CCN(CC(=O)Nc2cccc(SC)c2)CC1. The summed E-state index contributed by atoms with van der Waals surface area (Å²) < 4.78 is 0. The molecule has 22 heavy (non-hydrogen) atoms. The number of thioether (sulfide) groups is 1. The zero-order valence-corrected chi connectivity index (χ0v) is 14.4. The molecule has 0 unspecified atom stereocenters. The molecule has 4 nitrogen and oxygen atoms in total. The zero-order valence-electron chi connectivity index (χ0n) is 13.6. The van der Waals surface area contributed by atoms with Crippen LogP contribution in [0.15, 0.2) is 29.2 Å². The van der Waals surface area contributed by atoms with Crippen molar-refractivity contribution in [3.63, 3.8) is 0 Å². The van der Waals surface area contributed by atoms with Gasteiger partial charge in [0.05, 0.1) is 6.54 Å². The van der Waals surface area contributed by atoms with Crippen LogP contribution in [0.25, 0.3) is 0 Å². The number of carbonyl (C=O) groups is 1. The Hall–Kier alpha value is -1.04. The fourth-order valence-electron chi connectivity index (χ4n) is 2.89. The summed E-state index contributed by atoms with van der Waals surface area (Å²) in [4.78, 5) is 15.6. The highest BCUT2D eigenvalue weighted by Gasteiger charge is 2.20. The van der Waals surface area contributed by atoms with Crippen LogP contribution in [-0.2, 0) is 4.79 Å². The molecule has 1 heterocycles. The number of nitrogens with zero attached hydrogens (tertiary/aromatic N) is 1. The fraction of sp³-hybridized carbons (Fsp3) is 0.588. The van der Waals surface area contributed by atoms with Crippen molar-refractivity contribution in [2.24, 2.45) is 5.92 Å². The number of likely N-dealkylation sites (tertiary alicyclic amines) is 1. The second-order valence-electron chi connectivity index (χ2n) is 5.89. The predicted octanol–water partition coefficient (Wildman–Crippen LogP) is 2.67. The number of hydrogen-bond acceptors (Lipinski definition) is 4. The van der Waals surface area contributed by atoms with Gasteiger partial charge in [-0.05, 0) is 76.3 Å². The lowest BCUT2D eigenvalue weighted by Crippen LogP contribution is -2.39. The third-order valence-corrected chi connectivity index (χ3v) is 4.96. The molecule has 0 radical (unpaired) electrons. The number of amides is 1. The quantitative estimate of drug-likeness (QED) is 0.758. The second kappa shape index (κ2) is 9.18. The van der Waals surface area contributed by atoms with Gasteiger partial charge in [0.1, 0.15) is 0 Å². The van der Waals surface area contributed by atoms with E-state index in [1.807, 2.05) is 31.5 Å². The Kier molecular flexibility index (Phi) is 7.22. The molecule has 1 saturated heterocycles. The van der Waals surface area contributed by atoms with Crippen molar-refractivity contribution in [1.82, 2.24) is 10.2 Å². The topological polar surface area (TPSA) is 44.4 Å². The maximum atomic E-state index is 12.2. The van der Waals surface area contributed by atoms with Crippen LogP contribution in [0.4, 0.5) is 5.69 Å². The van der Waals surface area contributed by atoms with Gasteiger partial charge in [-0.3, -0.25) is 9.69 Å². The molecule has 0 bridgehead atoms. The number of benzene rings is 1. The first-order valence-electron chi connectivity index (χ1n) is 8.02. The maximum absolute atomic E-state index is 12.2. The smallest absolute Gasteiger partial charge is 0.238 e. The first-order chi connectivity index (χ1) is 10.7. The van der Waals surface area contributed by atoms with E-state index in [9.17, 15) is 4.79 Å². The van der Waals surface area contributed by atoms with Crippen LogP contribution in [0.2, 0.25) is 0 Å². The summed E-state index contributed by atoms with van der Waals surface area (Å²) in [6.45, 7) is 3.67. The third-order valence-electron chi connectivity index (χ3n) is 4.23. The second-order valence-corrected chi connectivity index (χ2v) is 6.77. The number of rotatable bonds is 7. The lowest BCUT2D eigenvalue weighted by Gasteiger charge is -2.31. The minimum atomic E-state index is 0.0897. The molecule has 1 aromatic rings. The van der Waals surface area contributed by atoms with Crippen LogP contribution in [0.5, 0.6) is 0 Å². The highest BCUT2D eigenvalue weighted by atomic mass is 32.2. The van der Waals surface area contributed by atoms with Gasteiger partial charge in [0.25, 0.3) is 0 Å². The summed E-state index contributed by atoms with van der Waals surface area (Å²) in [6, 6.07) is 8.00. The number of carbonyl (C=O) groups excluding carboxylic acids is 1. The van der Waals surface area contributed by atoms with E-state index in [-0.39, 0.29) is 5.91 Å². The molecule has 2 rings (SSSR count). The highest BCUT2D eigenvalue weighted by molar-refractivity contribution is 7.98. The average Bonchev–Trinajstić information content (AvgIpc) is 2.54. The summed E-state index contributed by atoms with van der Waals surface area (Å²) in [7, 11) is 2.01. The molecular formula is C17H27N3OS. The van der Waals surface area contributed by atoms with Gasteiger partial charge in [0, 0.05) is 10.6 Å². The Labute approximate surface area is 138 Å². The van der Waals surface area contributed by atoms with Crippen LogP contribution in [-0.4, -0.2) is 50.3 Å².